The molecule has 0 bridgehead atoms. The van der Waals surface area contributed by atoms with E-state index in [2.05, 4.69) is 18.2 Å². The highest BCUT2D eigenvalue weighted by atomic mass is 35.5. The Kier molecular flexibility index (Phi) is 5.31. The summed E-state index contributed by atoms with van der Waals surface area (Å²) in [6, 6.07) is 4.79. The minimum Gasteiger partial charge on any atom is -0.300 e. The van der Waals surface area contributed by atoms with E-state index in [1.54, 1.807) is 12.1 Å². The molecule has 0 aliphatic heterocycles. The minimum atomic E-state index is -0.395. The van der Waals surface area contributed by atoms with Crippen molar-refractivity contribution < 1.29 is 4.39 Å². The van der Waals surface area contributed by atoms with Crippen LogP contribution in [0.25, 0.3) is 0 Å². The first-order valence-electron chi connectivity index (χ1n) is 5.31. The van der Waals surface area contributed by atoms with Crippen molar-refractivity contribution in [3.63, 3.8) is 0 Å². The number of nitrogens with one attached hydrogen (secondary N) is 1. The summed E-state index contributed by atoms with van der Waals surface area (Å²) in [6.07, 6.45) is 7.29. The lowest BCUT2D eigenvalue weighted by molar-refractivity contribution is 0.559. The van der Waals surface area contributed by atoms with Gasteiger partial charge in [0.1, 0.15) is 5.82 Å². The van der Waals surface area contributed by atoms with Crippen LogP contribution in [0.4, 0.5) is 4.39 Å². The van der Waals surface area contributed by atoms with Gasteiger partial charge in [0.05, 0.1) is 11.1 Å². The third-order valence-corrected chi connectivity index (χ3v) is 2.77. The standard InChI is InChI=1S/C13H15ClFN/c1-3-6-11(4-2)16-9-10-7-5-8-12(15)13(10)14/h2,5,7-8,11,16H,3,6,9H2,1H3. The van der Waals surface area contributed by atoms with Crippen molar-refractivity contribution in [3.8, 4) is 12.3 Å². The molecule has 1 atom stereocenters. The molecule has 0 aliphatic rings. The number of rotatable bonds is 5. The molecule has 86 valence electrons. The smallest absolute Gasteiger partial charge is 0.142 e. The number of halogens is 2. The quantitative estimate of drug-likeness (QED) is 0.777. The van der Waals surface area contributed by atoms with Crippen molar-refractivity contribution in [1.82, 2.24) is 5.32 Å². The van der Waals surface area contributed by atoms with Crippen LogP contribution in [0.3, 0.4) is 0 Å². The summed E-state index contributed by atoms with van der Waals surface area (Å²) in [7, 11) is 0. The molecule has 0 heterocycles. The molecule has 0 saturated heterocycles. The van der Waals surface area contributed by atoms with E-state index >= 15 is 0 Å². The van der Waals surface area contributed by atoms with Crippen LogP contribution in [0.15, 0.2) is 18.2 Å². The van der Waals surface area contributed by atoms with Crippen LogP contribution in [-0.4, -0.2) is 6.04 Å². The zero-order valence-electron chi connectivity index (χ0n) is 9.26. The molecule has 1 unspecified atom stereocenters. The largest absolute Gasteiger partial charge is 0.300 e. The fraction of sp³-hybridized carbons (Fsp3) is 0.385. The van der Waals surface area contributed by atoms with Crippen LogP contribution in [0.2, 0.25) is 5.02 Å². The molecule has 1 rings (SSSR count). The van der Waals surface area contributed by atoms with Gasteiger partial charge < -0.3 is 0 Å². The first-order valence-corrected chi connectivity index (χ1v) is 5.69. The molecule has 0 amide bonds. The first kappa shape index (κ1) is 13.0. The van der Waals surface area contributed by atoms with E-state index in [9.17, 15) is 4.39 Å². The Labute approximate surface area is 101 Å². The molecule has 1 aromatic carbocycles. The minimum absolute atomic E-state index is 0.0179. The van der Waals surface area contributed by atoms with E-state index in [1.807, 2.05) is 0 Å². The molecule has 0 saturated carbocycles. The van der Waals surface area contributed by atoms with Gasteiger partial charge in [0.25, 0.3) is 0 Å². The molecule has 16 heavy (non-hydrogen) atoms. The van der Waals surface area contributed by atoms with E-state index in [0.29, 0.717) is 6.54 Å². The van der Waals surface area contributed by atoms with Crippen LogP contribution >= 0.6 is 11.6 Å². The fourth-order valence-electron chi connectivity index (χ4n) is 1.45. The summed E-state index contributed by atoms with van der Waals surface area (Å²) in [5.74, 6) is 2.26. The van der Waals surface area contributed by atoms with Crippen molar-refractivity contribution in [2.75, 3.05) is 0 Å². The van der Waals surface area contributed by atoms with Gasteiger partial charge in [0, 0.05) is 6.54 Å². The summed E-state index contributed by atoms with van der Waals surface area (Å²) in [4.78, 5) is 0. The Balaban J connectivity index is 2.61. The molecule has 0 radical (unpaired) electrons. The van der Waals surface area contributed by atoms with Crippen molar-refractivity contribution in [2.45, 2.75) is 32.4 Å². The lowest BCUT2D eigenvalue weighted by Crippen LogP contribution is -2.26. The lowest BCUT2D eigenvalue weighted by Gasteiger charge is -2.12. The Hall–Kier alpha value is -1.04. The van der Waals surface area contributed by atoms with Gasteiger partial charge >= 0.3 is 0 Å². The summed E-state index contributed by atoms with van der Waals surface area (Å²) in [5.41, 5.74) is 0.734. The second-order valence-electron chi connectivity index (χ2n) is 3.60. The second kappa shape index (κ2) is 6.52. The fourth-order valence-corrected chi connectivity index (χ4v) is 1.64. The summed E-state index contributed by atoms with van der Waals surface area (Å²) >= 11 is 5.83. The third kappa shape index (κ3) is 3.52. The Morgan fingerprint density at radius 3 is 2.94 bits per heavy atom. The molecule has 0 aromatic heterocycles. The predicted octanol–water partition coefficient (Wildman–Crippen LogP) is 3.37. The maximum atomic E-state index is 13.1. The van der Waals surface area contributed by atoms with E-state index in [-0.39, 0.29) is 11.1 Å². The van der Waals surface area contributed by atoms with E-state index in [4.69, 9.17) is 18.0 Å². The maximum Gasteiger partial charge on any atom is 0.142 e. The van der Waals surface area contributed by atoms with Crippen molar-refractivity contribution in [3.05, 3.63) is 34.6 Å². The van der Waals surface area contributed by atoms with Gasteiger partial charge in [-0.1, -0.05) is 43.0 Å². The van der Waals surface area contributed by atoms with Crippen LogP contribution in [0.5, 0.6) is 0 Å². The molecule has 1 nitrogen and oxygen atoms in total. The first-order chi connectivity index (χ1) is 7.69. The van der Waals surface area contributed by atoms with E-state index in [0.717, 1.165) is 18.4 Å². The zero-order chi connectivity index (χ0) is 12.0. The summed E-state index contributed by atoms with van der Waals surface area (Å²) in [5, 5.41) is 3.34. The number of benzene rings is 1. The van der Waals surface area contributed by atoms with Crippen molar-refractivity contribution in [2.24, 2.45) is 0 Å². The molecule has 1 N–H and O–H groups in total. The normalized spacial score (nSPS) is 12.1. The summed E-state index contributed by atoms with van der Waals surface area (Å²) in [6.45, 7) is 2.56. The summed E-state index contributed by atoms with van der Waals surface area (Å²) < 4.78 is 13.1. The highest BCUT2D eigenvalue weighted by Crippen LogP contribution is 2.19. The van der Waals surface area contributed by atoms with Crippen molar-refractivity contribution >= 4 is 11.6 Å². The Morgan fingerprint density at radius 2 is 2.31 bits per heavy atom. The SMILES string of the molecule is C#CC(CCC)NCc1cccc(F)c1Cl. The van der Waals surface area contributed by atoms with Crippen LogP contribution in [0, 0.1) is 18.2 Å². The Bertz CT molecular complexity index is 384. The number of hydrogen-bond donors (Lipinski definition) is 1. The van der Waals surface area contributed by atoms with E-state index in [1.165, 1.54) is 6.07 Å². The monoisotopic (exact) mass is 239 g/mol. The number of terminal acetylenes is 1. The Morgan fingerprint density at radius 1 is 1.56 bits per heavy atom. The average molecular weight is 240 g/mol. The zero-order valence-corrected chi connectivity index (χ0v) is 10.0. The van der Waals surface area contributed by atoms with Gasteiger partial charge in [-0.05, 0) is 18.1 Å². The van der Waals surface area contributed by atoms with Gasteiger partial charge in [-0.2, -0.15) is 0 Å². The van der Waals surface area contributed by atoms with Gasteiger partial charge in [0.2, 0.25) is 0 Å². The highest BCUT2D eigenvalue weighted by Gasteiger charge is 2.07. The van der Waals surface area contributed by atoms with E-state index < -0.39 is 5.82 Å². The molecular formula is C13H15ClFN. The van der Waals surface area contributed by atoms with Gasteiger partial charge in [0.15, 0.2) is 0 Å². The average Bonchev–Trinajstić information content (AvgIpc) is 2.29. The van der Waals surface area contributed by atoms with Gasteiger partial charge in [-0.25, -0.2) is 4.39 Å². The lowest BCUT2D eigenvalue weighted by atomic mass is 10.1. The van der Waals surface area contributed by atoms with Gasteiger partial charge in [-0.15, -0.1) is 6.42 Å². The topological polar surface area (TPSA) is 12.0 Å². The van der Waals surface area contributed by atoms with Crippen molar-refractivity contribution in [1.29, 1.82) is 0 Å². The van der Waals surface area contributed by atoms with Gasteiger partial charge in [-0.3, -0.25) is 5.32 Å². The molecule has 0 aliphatic carbocycles. The highest BCUT2D eigenvalue weighted by molar-refractivity contribution is 6.31. The van der Waals surface area contributed by atoms with Crippen LogP contribution in [-0.2, 0) is 6.54 Å². The molecule has 0 spiro atoms. The second-order valence-corrected chi connectivity index (χ2v) is 3.98. The maximum absolute atomic E-state index is 13.1. The number of hydrogen-bond acceptors (Lipinski definition) is 1. The van der Waals surface area contributed by atoms with Crippen LogP contribution < -0.4 is 5.32 Å². The predicted molar refractivity (Wildman–Crippen MR) is 65.8 cm³/mol. The molecular weight excluding hydrogens is 225 g/mol. The van der Waals surface area contributed by atoms with Crippen LogP contribution in [0.1, 0.15) is 25.3 Å². The third-order valence-electron chi connectivity index (χ3n) is 2.35. The molecule has 1 aromatic rings. The molecule has 3 heteroatoms. The molecule has 0 fully saturated rings.